The molecule has 4 rings (SSSR count). The third-order valence-electron chi connectivity index (χ3n) is 4.87. The van der Waals surface area contributed by atoms with E-state index in [1.54, 1.807) is 49.5 Å². The summed E-state index contributed by atoms with van der Waals surface area (Å²) in [5.41, 5.74) is 0.712. The molecule has 1 aromatic heterocycles. The van der Waals surface area contributed by atoms with Crippen molar-refractivity contribution in [2.24, 2.45) is 0 Å². The van der Waals surface area contributed by atoms with Crippen molar-refractivity contribution in [1.82, 2.24) is 9.78 Å². The molecule has 0 fully saturated rings. The van der Waals surface area contributed by atoms with Crippen molar-refractivity contribution in [3.63, 3.8) is 0 Å². The molecule has 36 heavy (non-hydrogen) atoms. The third-order valence-corrected chi connectivity index (χ3v) is 5.90. The van der Waals surface area contributed by atoms with Gasteiger partial charge in [0.2, 0.25) is 0 Å². The van der Waals surface area contributed by atoms with E-state index in [1.165, 1.54) is 28.9 Å². The van der Waals surface area contributed by atoms with Crippen molar-refractivity contribution in [2.75, 3.05) is 5.32 Å². The molecular weight excluding hydrogens is 531 g/mol. The first kappa shape index (κ1) is 25.3. The number of hydrogen-bond donors (Lipinski definition) is 1. The fraction of sp³-hybridized carbons (Fsp3) is 0.0833. The first-order chi connectivity index (χ1) is 17.2. The van der Waals surface area contributed by atoms with Gasteiger partial charge in [-0.1, -0.05) is 40.9 Å². The Bertz CT molecular complexity index is 1460. The van der Waals surface area contributed by atoms with E-state index in [9.17, 15) is 14.9 Å². The quantitative estimate of drug-likeness (QED) is 0.185. The number of nitrogens with one attached hydrogen (secondary N) is 1. The average molecular weight is 548 g/mol. The second kappa shape index (κ2) is 10.9. The minimum absolute atomic E-state index is 0.0252. The molecule has 0 radical (unpaired) electrons. The largest absolute Gasteiger partial charge is 0.470 e. The van der Waals surface area contributed by atoms with Gasteiger partial charge in [0.05, 0.1) is 21.7 Å². The third kappa shape index (κ3) is 6.06. The molecule has 1 heterocycles. The van der Waals surface area contributed by atoms with Crippen LogP contribution in [0, 0.1) is 17.0 Å². The topological polar surface area (TPSA) is 109 Å². The Morgan fingerprint density at radius 1 is 1.08 bits per heavy atom. The fourth-order valence-electron chi connectivity index (χ4n) is 3.16. The van der Waals surface area contributed by atoms with Crippen LogP contribution in [-0.2, 0) is 6.73 Å². The first-order valence-electron chi connectivity index (χ1n) is 10.3. The number of halogens is 3. The number of anilines is 1. The predicted octanol–water partition coefficient (Wildman–Crippen LogP) is 7.14. The number of aromatic nitrogens is 2. The summed E-state index contributed by atoms with van der Waals surface area (Å²) in [6, 6.07) is 15.4. The standard InChI is InChI=1S/C24H17Cl3N4O5/c1-14-9-15(25)5-6-21(14)36-18-11-16(10-17(12-18)31(33)34)28-24(32)20-7-8-30(29-20)13-35-22-4-2-3-19(26)23(22)27/h2-12H,13H2,1H3,(H,28,32). The lowest BCUT2D eigenvalue weighted by atomic mass is 10.2. The number of amides is 1. The average Bonchev–Trinajstić information content (AvgIpc) is 3.31. The summed E-state index contributed by atoms with van der Waals surface area (Å²) in [5.74, 6) is 0.423. The van der Waals surface area contributed by atoms with Crippen molar-refractivity contribution in [3.8, 4) is 17.2 Å². The van der Waals surface area contributed by atoms with Gasteiger partial charge in [0.25, 0.3) is 11.6 Å². The van der Waals surface area contributed by atoms with Gasteiger partial charge in [-0.05, 0) is 48.9 Å². The van der Waals surface area contributed by atoms with Crippen LogP contribution < -0.4 is 14.8 Å². The molecule has 0 aliphatic carbocycles. The Morgan fingerprint density at radius 2 is 1.89 bits per heavy atom. The van der Waals surface area contributed by atoms with Crippen LogP contribution in [0.15, 0.2) is 66.9 Å². The monoisotopic (exact) mass is 546 g/mol. The SMILES string of the molecule is Cc1cc(Cl)ccc1Oc1cc(NC(=O)c2ccn(COc3cccc(Cl)c3Cl)n2)cc([N+](=O)[O-])c1. The van der Waals surface area contributed by atoms with E-state index >= 15 is 0 Å². The molecule has 3 aromatic carbocycles. The van der Waals surface area contributed by atoms with Crippen molar-refractivity contribution < 1.29 is 19.2 Å². The van der Waals surface area contributed by atoms with E-state index in [1.807, 2.05) is 0 Å². The molecule has 9 nitrogen and oxygen atoms in total. The number of carbonyl (C=O) groups excluding carboxylic acids is 1. The highest BCUT2D eigenvalue weighted by Gasteiger charge is 2.16. The van der Waals surface area contributed by atoms with E-state index in [-0.39, 0.29) is 34.6 Å². The lowest BCUT2D eigenvalue weighted by molar-refractivity contribution is -0.384. The van der Waals surface area contributed by atoms with E-state index in [2.05, 4.69) is 10.4 Å². The number of nitro groups is 1. The normalized spacial score (nSPS) is 10.7. The lowest BCUT2D eigenvalue weighted by Crippen LogP contribution is -2.14. The summed E-state index contributed by atoms with van der Waals surface area (Å²) in [5, 5.41) is 19.4. The van der Waals surface area contributed by atoms with Crippen LogP contribution in [0.4, 0.5) is 11.4 Å². The summed E-state index contributed by atoms with van der Waals surface area (Å²) >= 11 is 18.1. The fourth-order valence-corrected chi connectivity index (χ4v) is 3.73. The van der Waals surface area contributed by atoms with Gasteiger partial charge in [-0.15, -0.1) is 0 Å². The van der Waals surface area contributed by atoms with Crippen LogP contribution in [0.1, 0.15) is 16.1 Å². The molecule has 12 heteroatoms. The van der Waals surface area contributed by atoms with Gasteiger partial charge in [-0.2, -0.15) is 5.10 Å². The molecular formula is C24H17Cl3N4O5. The maximum Gasteiger partial charge on any atom is 0.276 e. The van der Waals surface area contributed by atoms with Gasteiger partial charge in [0, 0.05) is 23.4 Å². The van der Waals surface area contributed by atoms with E-state index in [0.717, 1.165) is 5.56 Å². The lowest BCUT2D eigenvalue weighted by Gasteiger charge is -2.11. The number of hydrogen-bond acceptors (Lipinski definition) is 6. The van der Waals surface area contributed by atoms with Gasteiger partial charge in [0.1, 0.15) is 22.3 Å². The molecule has 0 bridgehead atoms. The summed E-state index contributed by atoms with van der Waals surface area (Å²) < 4.78 is 12.8. The van der Waals surface area contributed by atoms with Crippen molar-refractivity contribution in [1.29, 1.82) is 0 Å². The number of aryl methyl sites for hydroxylation is 1. The molecule has 1 amide bonds. The minimum Gasteiger partial charge on any atom is -0.470 e. The highest BCUT2D eigenvalue weighted by atomic mass is 35.5. The van der Waals surface area contributed by atoms with Gasteiger partial charge in [0.15, 0.2) is 12.4 Å². The van der Waals surface area contributed by atoms with Crippen molar-refractivity contribution in [2.45, 2.75) is 13.7 Å². The molecule has 4 aromatic rings. The molecule has 0 unspecified atom stereocenters. The minimum atomic E-state index is -0.580. The van der Waals surface area contributed by atoms with Crippen LogP contribution in [0.3, 0.4) is 0 Å². The number of benzene rings is 3. The first-order valence-corrected chi connectivity index (χ1v) is 11.5. The number of rotatable bonds is 8. The van der Waals surface area contributed by atoms with Crippen molar-refractivity contribution in [3.05, 3.63) is 103 Å². The highest BCUT2D eigenvalue weighted by Crippen LogP contribution is 2.33. The second-order valence-corrected chi connectivity index (χ2v) is 8.73. The van der Waals surface area contributed by atoms with E-state index < -0.39 is 10.8 Å². The van der Waals surface area contributed by atoms with Gasteiger partial charge in [-0.25, -0.2) is 4.68 Å². The zero-order chi connectivity index (χ0) is 25.8. The molecule has 0 saturated heterocycles. The van der Waals surface area contributed by atoms with Crippen molar-refractivity contribution >= 4 is 52.1 Å². The number of ether oxygens (including phenoxy) is 2. The smallest absolute Gasteiger partial charge is 0.276 e. The molecule has 1 N–H and O–H groups in total. The van der Waals surface area contributed by atoms with E-state index in [0.29, 0.717) is 21.5 Å². The summed E-state index contributed by atoms with van der Waals surface area (Å²) in [6.45, 7) is 1.77. The van der Waals surface area contributed by atoms with E-state index in [4.69, 9.17) is 44.3 Å². The summed E-state index contributed by atoms with van der Waals surface area (Å²) in [4.78, 5) is 23.6. The molecule has 0 spiro atoms. The Morgan fingerprint density at radius 3 is 2.64 bits per heavy atom. The van der Waals surface area contributed by atoms with Crippen LogP contribution in [0.25, 0.3) is 0 Å². The van der Waals surface area contributed by atoms with Crippen LogP contribution >= 0.6 is 34.8 Å². The Kier molecular flexibility index (Phi) is 7.64. The number of carbonyl (C=O) groups is 1. The zero-order valence-electron chi connectivity index (χ0n) is 18.6. The van der Waals surface area contributed by atoms with Crippen LogP contribution in [0.2, 0.25) is 15.1 Å². The Hall–Kier alpha value is -3.79. The Labute approximate surface area is 220 Å². The summed E-state index contributed by atoms with van der Waals surface area (Å²) in [7, 11) is 0. The molecule has 0 aliphatic heterocycles. The summed E-state index contributed by atoms with van der Waals surface area (Å²) in [6.07, 6.45) is 1.54. The molecule has 0 saturated carbocycles. The number of non-ortho nitro benzene ring substituents is 1. The van der Waals surface area contributed by atoms with Gasteiger partial charge >= 0.3 is 0 Å². The highest BCUT2D eigenvalue weighted by molar-refractivity contribution is 6.42. The van der Waals surface area contributed by atoms with Crippen LogP contribution in [0.5, 0.6) is 17.2 Å². The maximum absolute atomic E-state index is 12.8. The van der Waals surface area contributed by atoms with Gasteiger partial charge < -0.3 is 14.8 Å². The number of nitro benzene ring substituents is 1. The maximum atomic E-state index is 12.8. The number of nitrogens with zero attached hydrogens (tertiary/aromatic N) is 3. The molecule has 0 aliphatic rings. The predicted molar refractivity (Wildman–Crippen MR) is 137 cm³/mol. The van der Waals surface area contributed by atoms with Crippen LogP contribution in [-0.4, -0.2) is 20.6 Å². The molecule has 184 valence electrons. The van der Waals surface area contributed by atoms with Gasteiger partial charge in [-0.3, -0.25) is 14.9 Å². The molecule has 0 atom stereocenters. The second-order valence-electron chi connectivity index (χ2n) is 7.50. The Balaban J connectivity index is 1.48. The zero-order valence-corrected chi connectivity index (χ0v) is 20.8.